The van der Waals surface area contributed by atoms with Crippen LogP contribution in [0.15, 0.2) is 11.9 Å². The summed E-state index contributed by atoms with van der Waals surface area (Å²) >= 11 is 0. The summed E-state index contributed by atoms with van der Waals surface area (Å²) in [4.78, 5) is 0. The molecule has 8 heteroatoms. The molecule has 74 valence electrons. The molecule has 0 spiro atoms. The standard InChI is InChI=1S/C5F7N/c6-2(3(7)8)5(11,12)4(9,10)1-13. The third-order valence-electron chi connectivity index (χ3n) is 0.976. The molecule has 0 radical (unpaired) electrons. The van der Waals surface area contributed by atoms with Gasteiger partial charge in [0.1, 0.15) is 6.07 Å². The van der Waals surface area contributed by atoms with Gasteiger partial charge in [-0.25, -0.2) is 0 Å². The molecular weight excluding hydrogens is 207 g/mol. The Morgan fingerprint density at radius 3 is 1.62 bits per heavy atom. The number of hydrogen-bond acceptors (Lipinski definition) is 1. The van der Waals surface area contributed by atoms with Gasteiger partial charge in [0, 0.05) is 0 Å². The molecule has 0 aromatic rings. The van der Waals surface area contributed by atoms with E-state index in [4.69, 9.17) is 5.26 Å². The Balaban J connectivity index is 5.25. The molecule has 13 heavy (non-hydrogen) atoms. The number of nitriles is 1. The van der Waals surface area contributed by atoms with Gasteiger partial charge in [-0.05, 0) is 0 Å². The van der Waals surface area contributed by atoms with Gasteiger partial charge in [0.15, 0.2) is 0 Å². The molecule has 0 aromatic carbocycles. The van der Waals surface area contributed by atoms with E-state index in [9.17, 15) is 30.7 Å². The Kier molecular flexibility index (Phi) is 2.92. The second-order valence-corrected chi connectivity index (χ2v) is 1.83. The molecule has 0 atom stereocenters. The second-order valence-electron chi connectivity index (χ2n) is 1.83. The quantitative estimate of drug-likeness (QED) is 0.638. The predicted molar refractivity (Wildman–Crippen MR) is 25.9 cm³/mol. The van der Waals surface area contributed by atoms with E-state index in [-0.39, 0.29) is 6.07 Å². The average Bonchev–Trinajstić information content (AvgIpc) is 2.02. The van der Waals surface area contributed by atoms with Crippen molar-refractivity contribution in [3.8, 4) is 6.07 Å². The predicted octanol–water partition coefficient (Wildman–Crippen LogP) is 2.86. The minimum Gasteiger partial charge on any atom is -0.199 e. The molecule has 0 rings (SSSR count). The fourth-order valence-electron chi connectivity index (χ4n) is 0.327. The first-order valence-corrected chi connectivity index (χ1v) is 2.55. The summed E-state index contributed by atoms with van der Waals surface area (Å²) in [7, 11) is 0. The fraction of sp³-hybridized carbons (Fsp3) is 0.400. The Morgan fingerprint density at radius 1 is 1.00 bits per heavy atom. The van der Waals surface area contributed by atoms with E-state index in [0.29, 0.717) is 0 Å². The Labute approximate surface area is 67.1 Å². The molecule has 0 aliphatic heterocycles. The number of hydrogen-bond donors (Lipinski definition) is 0. The molecule has 0 heterocycles. The van der Waals surface area contributed by atoms with Gasteiger partial charge in [0.25, 0.3) is 0 Å². The number of allylic oxidation sites excluding steroid dienone is 1. The highest BCUT2D eigenvalue weighted by molar-refractivity contribution is 5.17. The maximum atomic E-state index is 12.0. The molecular formula is C5F7N. The Bertz CT molecular complexity index is 269. The fourth-order valence-corrected chi connectivity index (χ4v) is 0.327. The third-order valence-corrected chi connectivity index (χ3v) is 0.976. The Hall–Kier alpha value is -1.26. The smallest absolute Gasteiger partial charge is 0.199 e. The van der Waals surface area contributed by atoms with Gasteiger partial charge < -0.3 is 0 Å². The van der Waals surface area contributed by atoms with Crippen LogP contribution in [0.1, 0.15) is 0 Å². The van der Waals surface area contributed by atoms with Crippen LogP contribution in [0.3, 0.4) is 0 Å². The molecule has 0 fully saturated rings. The normalized spacial score (nSPS) is 12.2. The van der Waals surface area contributed by atoms with Gasteiger partial charge in [-0.3, -0.25) is 0 Å². The maximum absolute atomic E-state index is 12.0. The highest BCUT2D eigenvalue weighted by atomic mass is 19.3. The van der Waals surface area contributed by atoms with Crippen molar-refractivity contribution in [3.05, 3.63) is 11.9 Å². The number of rotatable bonds is 2. The molecule has 0 unspecified atom stereocenters. The van der Waals surface area contributed by atoms with E-state index in [1.54, 1.807) is 0 Å². The van der Waals surface area contributed by atoms with E-state index < -0.39 is 23.8 Å². The van der Waals surface area contributed by atoms with E-state index in [2.05, 4.69) is 0 Å². The molecule has 0 aromatic heterocycles. The monoisotopic (exact) mass is 207 g/mol. The summed E-state index contributed by atoms with van der Waals surface area (Å²) in [5.74, 6) is -14.9. The van der Waals surface area contributed by atoms with Gasteiger partial charge in [0.2, 0.25) is 5.83 Å². The van der Waals surface area contributed by atoms with Crippen LogP contribution in [0, 0.1) is 11.3 Å². The lowest BCUT2D eigenvalue weighted by atomic mass is 10.2. The summed E-state index contributed by atoms with van der Waals surface area (Å²) in [5.41, 5.74) is 0. The van der Waals surface area contributed by atoms with Crippen molar-refractivity contribution in [2.75, 3.05) is 0 Å². The van der Waals surface area contributed by atoms with Gasteiger partial charge in [0.05, 0.1) is 0 Å². The molecule has 0 saturated heterocycles. The van der Waals surface area contributed by atoms with E-state index in [1.165, 1.54) is 0 Å². The first-order chi connectivity index (χ1) is 5.66. The van der Waals surface area contributed by atoms with Crippen molar-refractivity contribution in [2.24, 2.45) is 0 Å². The van der Waals surface area contributed by atoms with E-state index in [1.807, 2.05) is 0 Å². The lowest BCUT2D eigenvalue weighted by Gasteiger charge is -2.17. The highest BCUT2D eigenvalue weighted by Gasteiger charge is 2.62. The third kappa shape index (κ3) is 1.91. The van der Waals surface area contributed by atoms with Crippen LogP contribution in [0.2, 0.25) is 0 Å². The minimum absolute atomic E-state index is 0.273. The van der Waals surface area contributed by atoms with Gasteiger partial charge in [-0.15, -0.1) is 0 Å². The van der Waals surface area contributed by atoms with Gasteiger partial charge in [-0.1, -0.05) is 0 Å². The van der Waals surface area contributed by atoms with Crippen molar-refractivity contribution in [1.29, 1.82) is 5.26 Å². The summed E-state index contributed by atoms with van der Waals surface area (Å²) in [6.45, 7) is 0. The van der Waals surface area contributed by atoms with Crippen molar-refractivity contribution in [2.45, 2.75) is 11.8 Å². The zero-order valence-electron chi connectivity index (χ0n) is 5.59. The molecule has 1 nitrogen and oxygen atoms in total. The van der Waals surface area contributed by atoms with Crippen LogP contribution in [0.5, 0.6) is 0 Å². The minimum atomic E-state index is -5.80. The van der Waals surface area contributed by atoms with Crippen LogP contribution in [0.25, 0.3) is 0 Å². The van der Waals surface area contributed by atoms with Crippen molar-refractivity contribution in [1.82, 2.24) is 0 Å². The lowest BCUT2D eigenvalue weighted by Crippen LogP contribution is -2.40. The van der Waals surface area contributed by atoms with Crippen LogP contribution >= 0.6 is 0 Å². The lowest BCUT2D eigenvalue weighted by molar-refractivity contribution is -0.161. The topological polar surface area (TPSA) is 23.8 Å². The Morgan fingerprint density at radius 2 is 1.38 bits per heavy atom. The zero-order chi connectivity index (χ0) is 10.9. The van der Waals surface area contributed by atoms with Crippen molar-refractivity contribution in [3.63, 3.8) is 0 Å². The van der Waals surface area contributed by atoms with Crippen LogP contribution < -0.4 is 0 Å². The van der Waals surface area contributed by atoms with Gasteiger partial charge >= 0.3 is 17.9 Å². The molecule has 0 amide bonds. The zero-order valence-corrected chi connectivity index (χ0v) is 5.59. The highest BCUT2D eigenvalue weighted by Crippen LogP contribution is 2.41. The van der Waals surface area contributed by atoms with Gasteiger partial charge in [-0.2, -0.15) is 36.0 Å². The summed E-state index contributed by atoms with van der Waals surface area (Å²) in [6.07, 6.45) is -3.58. The summed E-state index contributed by atoms with van der Waals surface area (Å²) in [5, 5.41) is 7.45. The number of alkyl halides is 4. The largest absolute Gasteiger partial charge is 0.400 e. The van der Waals surface area contributed by atoms with Crippen molar-refractivity contribution < 1.29 is 30.7 Å². The maximum Gasteiger partial charge on any atom is 0.400 e. The van der Waals surface area contributed by atoms with Crippen LogP contribution in [-0.4, -0.2) is 11.8 Å². The molecule has 0 N–H and O–H groups in total. The van der Waals surface area contributed by atoms with Crippen LogP contribution in [0.4, 0.5) is 30.7 Å². The molecule has 0 saturated carbocycles. The van der Waals surface area contributed by atoms with Crippen LogP contribution in [-0.2, 0) is 0 Å². The second kappa shape index (κ2) is 3.24. The average molecular weight is 207 g/mol. The first-order valence-electron chi connectivity index (χ1n) is 2.55. The molecule has 0 bridgehead atoms. The molecule has 0 aliphatic carbocycles. The summed E-state index contributed by atoms with van der Waals surface area (Å²) in [6, 6.07) is -0.273. The number of halogens is 7. The molecule has 0 aliphatic rings. The van der Waals surface area contributed by atoms with Crippen molar-refractivity contribution >= 4 is 0 Å². The summed E-state index contributed by atoms with van der Waals surface area (Å²) < 4.78 is 81.6. The van der Waals surface area contributed by atoms with E-state index in [0.717, 1.165) is 0 Å². The van der Waals surface area contributed by atoms with E-state index >= 15 is 0 Å². The first kappa shape index (κ1) is 11.7. The SMILES string of the molecule is N#CC(F)(F)C(F)(F)C(F)=C(F)F. The number of nitrogens with zero attached hydrogens (tertiary/aromatic N) is 1.